The maximum atomic E-state index is 9.75. The molecule has 124 valence electrons. The van der Waals surface area contributed by atoms with E-state index in [4.69, 9.17) is 10.5 Å². The predicted molar refractivity (Wildman–Crippen MR) is 95.1 cm³/mol. The Morgan fingerprint density at radius 1 is 1.20 bits per heavy atom. The van der Waals surface area contributed by atoms with Gasteiger partial charge in [0.1, 0.15) is 5.75 Å². The van der Waals surface area contributed by atoms with Crippen molar-refractivity contribution in [2.24, 2.45) is 17.1 Å². The number of ether oxygens (including phenoxy) is 1. The summed E-state index contributed by atoms with van der Waals surface area (Å²) in [6.07, 6.45) is 1.93. The number of nitrogens with two attached hydrogens (primary N) is 1. The lowest BCUT2D eigenvalue weighted by Crippen LogP contribution is -2.41. The van der Waals surface area contributed by atoms with Crippen molar-refractivity contribution in [3.63, 3.8) is 0 Å². The van der Waals surface area contributed by atoms with Gasteiger partial charge in [0.15, 0.2) is 0 Å². The average molecular weight is 348 g/mol. The largest absolute Gasteiger partial charge is 0.497 e. The van der Waals surface area contributed by atoms with Crippen LogP contribution in [0.15, 0.2) is 47.2 Å². The molecule has 2 N–H and O–H groups in total. The molecular formula is C19H16N4OS. The van der Waals surface area contributed by atoms with E-state index in [0.29, 0.717) is 5.57 Å². The molecule has 1 heterocycles. The summed E-state index contributed by atoms with van der Waals surface area (Å²) in [6, 6.07) is 13.8. The number of nitriles is 3. The minimum absolute atomic E-state index is 0.0650. The van der Waals surface area contributed by atoms with E-state index in [0.717, 1.165) is 28.4 Å². The third-order valence-corrected chi connectivity index (χ3v) is 5.89. The molecule has 0 saturated heterocycles. The fraction of sp³-hybridized carbons (Fsp3) is 0.316. The Balaban J connectivity index is 2.25. The molecule has 2 aliphatic rings. The molecule has 0 amide bonds. The zero-order valence-electron chi connectivity index (χ0n) is 13.7. The average Bonchev–Trinajstić information content (AvgIpc) is 2.68. The maximum Gasteiger partial charge on any atom is 0.204 e. The van der Waals surface area contributed by atoms with E-state index in [1.165, 1.54) is 0 Å². The number of benzene rings is 1. The summed E-state index contributed by atoms with van der Waals surface area (Å²) in [7, 11) is 1.60. The van der Waals surface area contributed by atoms with Crippen LogP contribution in [0.25, 0.3) is 0 Å². The van der Waals surface area contributed by atoms with Crippen LogP contribution in [0.5, 0.6) is 5.75 Å². The highest BCUT2D eigenvalue weighted by atomic mass is 32.2. The summed E-state index contributed by atoms with van der Waals surface area (Å²) in [5.74, 6) is 1.85. The maximum absolute atomic E-state index is 9.75. The Labute approximate surface area is 151 Å². The number of allylic oxidation sites excluding steroid dienone is 2. The molecule has 0 unspecified atom stereocenters. The molecule has 1 aromatic rings. The quantitative estimate of drug-likeness (QED) is 0.824. The molecule has 1 aliphatic heterocycles. The molecule has 0 radical (unpaired) electrons. The van der Waals surface area contributed by atoms with Gasteiger partial charge < -0.3 is 10.5 Å². The van der Waals surface area contributed by atoms with Crippen molar-refractivity contribution in [3.05, 3.63) is 52.7 Å². The zero-order chi connectivity index (χ0) is 18.0. The highest BCUT2D eigenvalue weighted by molar-refractivity contribution is 7.99. The fourth-order valence-corrected chi connectivity index (χ4v) is 4.69. The number of thioether (sulfide) groups is 1. The summed E-state index contributed by atoms with van der Waals surface area (Å²) >= 11 is 1.73. The molecular weight excluding hydrogens is 332 g/mol. The van der Waals surface area contributed by atoms with Gasteiger partial charge >= 0.3 is 0 Å². The Morgan fingerprint density at radius 2 is 1.88 bits per heavy atom. The minimum atomic E-state index is -1.54. The van der Waals surface area contributed by atoms with Crippen LogP contribution in [-0.2, 0) is 0 Å². The van der Waals surface area contributed by atoms with Crippen LogP contribution >= 0.6 is 11.8 Å². The van der Waals surface area contributed by atoms with E-state index >= 15 is 0 Å². The van der Waals surface area contributed by atoms with Gasteiger partial charge in [-0.3, -0.25) is 0 Å². The summed E-state index contributed by atoms with van der Waals surface area (Å²) in [5, 5.41) is 29.2. The van der Waals surface area contributed by atoms with Crippen LogP contribution in [-0.4, -0.2) is 18.6 Å². The van der Waals surface area contributed by atoms with E-state index in [2.05, 4.69) is 18.2 Å². The number of nitrogens with zero attached hydrogens (tertiary/aromatic N) is 3. The highest BCUT2D eigenvalue weighted by Gasteiger charge is 2.51. The number of hydrogen-bond donors (Lipinski definition) is 1. The van der Waals surface area contributed by atoms with Crippen molar-refractivity contribution < 1.29 is 4.74 Å². The summed E-state index contributed by atoms with van der Waals surface area (Å²) in [6.45, 7) is 0. The molecule has 0 bridgehead atoms. The molecule has 0 spiro atoms. The lowest BCUT2D eigenvalue weighted by atomic mass is 9.61. The molecule has 2 atom stereocenters. The molecule has 25 heavy (non-hydrogen) atoms. The summed E-state index contributed by atoms with van der Waals surface area (Å²) in [4.78, 5) is 0. The molecule has 0 saturated carbocycles. The van der Waals surface area contributed by atoms with Crippen LogP contribution in [0, 0.1) is 45.3 Å². The Hall–Kier alpha value is -2.88. The molecule has 1 aromatic carbocycles. The van der Waals surface area contributed by atoms with Gasteiger partial charge in [0.05, 0.1) is 36.6 Å². The van der Waals surface area contributed by atoms with Gasteiger partial charge in [-0.15, -0.1) is 0 Å². The second-order valence-corrected chi connectivity index (χ2v) is 7.04. The normalized spacial score (nSPS) is 24.2. The molecule has 1 aliphatic carbocycles. The molecule has 6 heteroatoms. The summed E-state index contributed by atoms with van der Waals surface area (Å²) < 4.78 is 5.20. The first-order valence-electron chi connectivity index (χ1n) is 7.78. The SMILES string of the molecule is COc1ccc([C@@H]2C(C#N)=C(N)C(C#N)(C#N)C3=CCSC[C@H]32)cc1. The Kier molecular flexibility index (Phi) is 4.45. The van der Waals surface area contributed by atoms with Gasteiger partial charge in [0.25, 0.3) is 0 Å². The van der Waals surface area contributed by atoms with E-state index in [9.17, 15) is 15.8 Å². The molecule has 3 rings (SSSR count). The van der Waals surface area contributed by atoms with Gasteiger partial charge in [-0.25, -0.2) is 0 Å². The molecule has 5 nitrogen and oxygen atoms in total. The molecule has 0 aromatic heterocycles. The van der Waals surface area contributed by atoms with Crippen LogP contribution in [0.4, 0.5) is 0 Å². The fourth-order valence-electron chi connectivity index (χ4n) is 3.63. The van der Waals surface area contributed by atoms with Crippen LogP contribution in [0.3, 0.4) is 0 Å². The van der Waals surface area contributed by atoms with Gasteiger partial charge in [0, 0.05) is 23.3 Å². The van der Waals surface area contributed by atoms with E-state index < -0.39 is 5.41 Å². The first kappa shape index (κ1) is 17.0. The Bertz CT molecular complexity index is 866. The summed E-state index contributed by atoms with van der Waals surface area (Å²) in [5.41, 5.74) is 6.72. The highest BCUT2D eigenvalue weighted by Crippen LogP contribution is 2.53. The smallest absolute Gasteiger partial charge is 0.204 e. The number of fused-ring (bicyclic) bond motifs is 1. The van der Waals surface area contributed by atoms with Gasteiger partial charge in [-0.05, 0) is 23.3 Å². The number of hydrogen-bond acceptors (Lipinski definition) is 6. The monoisotopic (exact) mass is 348 g/mol. The number of methoxy groups -OCH3 is 1. The van der Waals surface area contributed by atoms with Gasteiger partial charge in [-0.1, -0.05) is 18.2 Å². The standard InChI is InChI=1S/C19H16N4OS/c1-24-13-4-2-12(3-5-13)17-14(8-20)18(23)19(10-21,11-22)16-6-7-25-9-15(16)17/h2-6,15,17H,7,9,23H2,1H3/t15-,17-/m1/s1. The Morgan fingerprint density at radius 3 is 2.44 bits per heavy atom. The van der Waals surface area contributed by atoms with Crippen molar-refractivity contribution in [2.75, 3.05) is 18.6 Å². The number of rotatable bonds is 2. The van der Waals surface area contributed by atoms with Crippen molar-refractivity contribution in [1.82, 2.24) is 0 Å². The minimum Gasteiger partial charge on any atom is -0.497 e. The first-order chi connectivity index (χ1) is 12.1. The van der Waals surface area contributed by atoms with E-state index in [-0.39, 0.29) is 17.5 Å². The van der Waals surface area contributed by atoms with Crippen LogP contribution < -0.4 is 10.5 Å². The second-order valence-electron chi connectivity index (χ2n) is 5.97. The third kappa shape index (κ3) is 2.45. The van der Waals surface area contributed by atoms with Crippen molar-refractivity contribution in [2.45, 2.75) is 5.92 Å². The van der Waals surface area contributed by atoms with E-state index in [1.807, 2.05) is 30.3 Å². The zero-order valence-corrected chi connectivity index (χ0v) is 14.5. The van der Waals surface area contributed by atoms with E-state index in [1.54, 1.807) is 18.9 Å². The first-order valence-corrected chi connectivity index (χ1v) is 8.93. The predicted octanol–water partition coefficient (Wildman–Crippen LogP) is 2.85. The topological polar surface area (TPSA) is 107 Å². The van der Waals surface area contributed by atoms with Gasteiger partial charge in [-0.2, -0.15) is 27.5 Å². The third-order valence-electron chi connectivity index (χ3n) is 4.89. The van der Waals surface area contributed by atoms with Crippen molar-refractivity contribution in [1.29, 1.82) is 15.8 Å². The molecule has 0 fully saturated rings. The van der Waals surface area contributed by atoms with Gasteiger partial charge in [0.2, 0.25) is 5.41 Å². The van der Waals surface area contributed by atoms with Crippen LogP contribution in [0.1, 0.15) is 11.5 Å². The second kappa shape index (κ2) is 6.55. The lowest BCUT2D eigenvalue weighted by molar-refractivity contribution is 0.414. The van der Waals surface area contributed by atoms with Crippen molar-refractivity contribution >= 4 is 11.8 Å². The van der Waals surface area contributed by atoms with Crippen LogP contribution in [0.2, 0.25) is 0 Å². The van der Waals surface area contributed by atoms with Crippen molar-refractivity contribution in [3.8, 4) is 24.0 Å². The lowest BCUT2D eigenvalue weighted by Gasteiger charge is -2.42.